The first-order valence-corrected chi connectivity index (χ1v) is 11.5. The van der Waals surface area contributed by atoms with Crippen molar-refractivity contribution >= 4 is 23.0 Å². The molecule has 0 fully saturated rings. The molecule has 1 aliphatic heterocycles. The van der Waals surface area contributed by atoms with E-state index in [0.717, 1.165) is 29.7 Å². The van der Waals surface area contributed by atoms with Crippen molar-refractivity contribution in [2.45, 2.75) is 25.8 Å². The van der Waals surface area contributed by atoms with Crippen LogP contribution >= 0.6 is 11.6 Å². The maximum atomic E-state index is 6.06. The second kappa shape index (κ2) is 8.22. The third kappa shape index (κ3) is 4.05. The van der Waals surface area contributed by atoms with Gasteiger partial charge in [0.2, 0.25) is 0 Å². The summed E-state index contributed by atoms with van der Waals surface area (Å²) in [6, 6.07) is 17.4. The minimum atomic E-state index is 0.767. The Bertz CT molecular complexity index is 1110. The third-order valence-corrected chi connectivity index (χ3v) is 6.97. The van der Waals surface area contributed by atoms with Crippen molar-refractivity contribution in [1.82, 2.24) is 9.47 Å². The van der Waals surface area contributed by atoms with E-state index in [1.54, 1.807) is 0 Å². The number of rotatable bonds is 4. The highest BCUT2D eigenvalue weighted by atomic mass is 35.5. The van der Waals surface area contributed by atoms with E-state index in [1.165, 1.54) is 59.4 Å². The van der Waals surface area contributed by atoms with Crippen LogP contribution in [0.1, 0.15) is 23.2 Å². The molecule has 0 radical (unpaired) electrons. The molecule has 3 nitrogen and oxygen atoms in total. The van der Waals surface area contributed by atoms with Gasteiger partial charge in [0.25, 0.3) is 0 Å². The molecule has 0 spiro atoms. The molecule has 31 heavy (non-hydrogen) atoms. The summed E-state index contributed by atoms with van der Waals surface area (Å²) in [5.41, 5.74) is 8.99. The predicted octanol–water partition coefficient (Wildman–Crippen LogP) is 5.97. The predicted molar refractivity (Wildman–Crippen MR) is 132 cm³/mol. The summed E-state index contributed by atoms with van der Waals surface area (Å²) in [5.74, 6) is 0.771. The van der Waals surface area contributed by atoms with Gasteiger partial charge in [-0.1, -0.05) is 36.4 Å². The smallest absolute Gasteiger partial charge is 0.0648 e. The number of aryl methyl sites for hydroxylation is 1. The van der Waals surface area contributed by atoms with E-state index < -0.39 is 0 Å². The quantitative estimate of drug-likeness (QED) is 0.504. The summed E-state index contributed by atoms with van der Waals surface area (Å²) in [5, 5.41) is 0.767. The van der Waals surface area contributed by atoms with Crippen LogP contribution in [0, 0.1) is 5.92 Å². The van der Waals surface area contributed by atoms with E-state index in [9.17, 15) is 0 Å². The van der Waals surface area contributed by atoms with E-state index in [0.29, 0.717) is 0 Å². The van der Waals surface area contributed by atoms with Crippen molar-refractivity contribution in [1.29, 1.82) is 0 Å². The van der Waals surface area contributed by atoms with Gasteiger partial charge in [-0.25, -0.2) is 0 Å². The van der Waals surface area contributed by atoms with Crippen LogP contribution in [0.2, 0.25) is 5.02 Å². The number of fused-ring (bicyclic) bond motifs is 2. The zero-order chi connectivity index (χ0) is 21.5. The third-order valence-electron chi connectivity index (χ3n) is 6.72. The van der Waals surface area contributed by atoms with Crippen LogP contribution in [0.25, 0.3) is 16.8 Å². The molecule has 4 heteroatoms. The summed E-state index contributed by atoms with van der Waals surface area (Å²) in [7, 11) is 4.35. The standard InChI is InChI=1S/C27H30ClN3/c1-19-27-16-24(21-6-9-25(28)10-7-21)18-30(27)12-13-31(19)26-11-8-22-14-20(17-29(2)3)4-5-23(22)15-26/h6-11,15-16,18,20H,1,4-5,12-14,17H2,2-3H3. The molecule has 1 atom stereocenters. The van der Waals surface area contributed by atoms with Crippen LogP contribution in [0.3, 0.4) is 0 Å². The zero-order valence-corrected chi connectivity index (χ0v) is 19.2. The Balaban J connectivity index is 1.37. The van der Waals surface area contributed by atoms with Gasteiger partial charge in [-0.15, -0.1) is 0 Å². The fraction of sp³-hybridized carbons (Fsp3) is 0.333. The van der Waals surface area contributed by atoms with E-state index in [1.807, 2.05) is 12.1 Å². The summed E-state index contributed by atoms with van der Waals surface area (Å²) in [4.78, 5) is 4.70. The van der Waals surface area contributed by atoms with Crippen molar-refractivity contribution in [3.63, 3.8) is 0 Å². The lowest BCUT2D eigenvalue weighted by atomic mass is 9.83. The molecule has 1 aromatic heterocycles. The summed E-state index contributed by atoms with van der Waals surface area (Å²) in [6.07, 6.45) is 5.89. The van der Waals surface area contributed by atoms with Crippen LogP contribution in [-0.2, 0) is 19.4 Å². The first kappa shape index (κ1) is 20.4. The molecule has 5 rings (SSSR count). The first-order chi connectivity index (χ1) is 15.0. The second-order valence-corrected chi connectivity index (χ2v) is 9.67. The zero-order valence-electron chi connectivity index (χ0n) is 18.4. The molecule has 0 amide bonds. The normalized spacial score (nSPS) is 18.3. The maximum Gasteiger partial charge on any atom is 0.0648 e. The molecule has 1 unspecified atom stereocenters. The molecule has 2 aromatic carbocycles. The number of anilines is 1. The number of nitrogens with zero attached hydrogens (tertiary/aromatic N) is 3. The fourth-order valence-corrected chi connectivity index (χ4v) is 5.29. The van der Waals surface area contributed by atoms with Crippen molar-refractivity contribution < 1.29 is 0 Å². The molecule has 3 aromatic rings. The van der Waals surface area contributed by atoms with E-state index in [4.69, 9.17) is 11.6 Å². The van der Waals surface area contributed by atoms with Gasteiger partial charge in [0, 0.05) is 42.1 Å². The van der Waals surface area contributed by atoms with Crippen molar-refractivity contribution in [2.24, 2.45) is 5.92 Å². The average molecular weight is 432 g/mol. The molecule has 1 aliphatic carbocycles. The molecule has 0 bridgehead atoms. The van der Waals surface area contributed by atoms with Crippen LogP contribution in [0.4, 0.5) is 5.69 Å². The summed E-state index contributed by atoms with van der Waals surface area (Å²) < 4.78 is 2.33. The highest BCUT2D eigenvalue weighted by molar-refractivity contribution is 6.30. The van der Waals surface area contributed by atoms with E-state index in [-0.39, 0.29) is 0 Å². The lowest BCUT2D eigenvalue weighted by Gasteiger charge is -2.34. The van der Waals surface area contributed by atoms with Crippen molar-refractivity contribution in [3.8, 4) is 11.1 Å². The number of aromatic nitrogens is 1. The van der Waals surface area contributed by atoms with E-state index in [2.05, 4.69) is 77.6 Å². The molecular formula is C27H30ClN3. The van der Waals surface area contributed by atoms with Gasteiger partial charge in [0.05, 0.1) is 11.4 Å². The Morgan fingerprint density at radius 3 is 2.58 bits per heavy atom. The Morgan fingerprint density at radius 1 is 1.00 bits per heavy atom. The SMILES string of the molecule is C=C1c2cc(-c3ccc(Cl)cc3)cn2CCN1c1ccc2c(c1)CCC(CN(C)C)C2. The molecule has 160 valence electrons. The van der Waals surface area contributed by atoms with Crippen LogP contribution in [-0.4, -0.2) is 36.7 Å². The van der Waals surface area contributed by atoms with Gasteiger partial charge in [0.1, 0.15) is 0 Å². The van der Waals surface area contributed by atoms with Crippen LogP contribution in [0.5, 0.6) is 0 Å². The largest absolute Gasteiger partial charge is 0.344 e. The Hall–Kier alpha value is -2.49. The number of hydrogen-bond acceptors (Lipinski definition) is 2. The van der Waals surface area contributed by atoms with E-state index >= 15 is 0 Å². The molecule has 0 saturated carbocycles. The molecule has 2 aliphatic rings. The molecule has 2 heterocycles. The van der Waals surface area contributed by atoms with Crippen molar-refractivity contribution in [3.05, 3.63) is 83.2 Å². The average Bonchev–Trinajstić information content (AvgIpc) is 3.19. The van der Waals surface area contributed by atoms with Gasteiger partial charge in [0.15, 0.2) is 0 Å². The molecular weight excluding hydrogens is 402 g/mol. The van der Waals surface area contributed by atoms with Crippen LogP contribution < -0.4 is 4.90 Å². The minimum absolute atomic E-state index is 0.767. The highest BCUT2D eigenvalue weighted by Crippen LogP contribution is 2.35. The second-order valence-electron chi connectivity index (χ2n) is 9.24. The lowest BCUT2D eigenvalue weighted by Crippen LogP contribution is -2.32. The lowest BCUT2D eigenvalue weighted by molar-refractivity contribution is 0.303. The maximum absolute atomic E-state index is 6.06. The summed E-state index contributed by atoms with van der Waals surface area (Å²) >= 11 is 6.06. The Morgan fingerprint density at radius 2 is 1.81 bits per heavy atom. The topological polar surface area (TPSA) is 11.4 Å². The minimum Gasteiger partial charge on any atom is -0.344 e. The van der Waals surface area contributed by atoms with Gasteiger partial charge in [-0.05, 0) is 86.3 Å². The van der Waals surface area contributed by atoms with Gasteiger partial charge in [-0.2, -0.15) is 0 Å². The molecule has 0 N–H and O–H groups in total. The van der Waals surface area contributed by atoms with Crippen LogP contribution in [0.15, 0.2) is 61.3 Å². The Labute approximate surface area is 190 Å². The Kier molecular flexibility index (Phi) is 5.41. The molecule has 0 saturated heterocycles. The number of benzene rings is 2. The number of hydrogen-bond donors (Lipinski definition) is 0. The van der Waals surface area contributed by atoms with Crippen molar-refractivity contribution in [2.75, 3.05) is 32.1 Å². The monoisotopic (exact) mass is 431 g/mol. The number of halogens is 1. The van der Waals surface area contributed by atoms with Gasteiger partial charge >= 0.3 is 0 Å². The summed E-state index contributed by atoms with van der Waals surface area (Å²) in [6.45, 7) is 7.56. The fourth-order valence-electron chi connectivity index (χ4n) is 5.16. The first-order valence-electron chi connectivity index (χ1n) is 11.2. The highest BCUT2D eigenvalue weighted by Gasteiger charge is 2.24. The van der Waals surface area contributed by atoms with Gasteiger partial charge in [-0.3, -0.25) is 0 Å². The van der Waals surface area contributed by atoms with Gasteiger partial charge < -0.3 is 14.4 Å².